The quantitative estimate of drug-likeness (QED) is 0.649. The highest BCUT2D eigenvalue weighted by molar-refractivity contribution is 5.81. The van der Waals surface area contributed by atoms with Crippen LogP contribution in [0.5, 0.6) is 11.5 Å². The van der Waals surface area contributed by atoms with Crippen LogP contribution in [0.1, 0.15) is 5.56 Å². The van der Waals surface area contributed by atoms with Crippen LogP contribution in [0, 0.1) is 0 Å². The summed E-state index contributed by atoms with van der Waals surface area (Å²) < 4.78 is 10.2. The molecule has 0 aliphatic carbocycles. The van der Waals surface area contributed by atoms with E-state index in [-0.39, 0.29) is 12.4 Å². The number of hydrogen-bond acceptors (Lipinski definition) is 5. The van der Waals surface area contributed by atoms with Gasteiger partial charge in [-0.25, -0.2) is 4.79 Å². The second-order valence-electron chi connectivity index (χ2n) is 3.50. The summed E-state index contributed by atoms with van der Waals surface area (Å²) >= 11 is 0. The monoisotopic (exact) mass is 225 g/mol. The van der Waals surface area contributed by atoms with Crippen LogP contribution >= 0.6 is 0 Å². The summed E-state index contributed by atoms with van der Waals surface area (Å²) in [7, 11) is 0. The Balaban J connectivity index is 2.44. The highest BCUT2D eigenvalue weighted by Gasteiger charge is 2.36. The molecule has 0 amide bonds. The topological polar surface area (TPSA) is 102 Å². The van der Waals surface area contributed by atoms with Gasteiger partial charge in [-0.15, -0.1) is 0 Å². The number of carbonyl (C=O) groups is 1. The fraction of sp³-hybridized carbons (Fsp3) is 0.300. The number of aliphatic hydroxyl groups excluding tert-OH is 1. The van der Waals surface area contributed by atoms with Crippen molar-refractivity contribution in [3.63, 3.8) is 0 Å². The molecule has 1 heterocycles. The summed E-state index contributed by atoms with van der Waals surface area (Å²) in [6, 6.07) is 4.53. The van der Waals surface area contributed by atoms with E-state index < -0.39 is 18.1 Å². The van der Waals surface area contributed by atoms with Gasteiger partial charge in [-0.3, -0.25) is 0 Å². The highest BCUT2D eigenvalue weighted by Crippen LogP contribution is 2.35. The Morgan fingerprint density at radius 3 is 2.75 bits per heavy atom. The van der Waals surface area contributed by atoms with Crippen molar-refractivity contribution in [3.8, 4) is 11.5 Å². The van der Waals surface area contributed by atoms with Gasteiger partial charge in [-0.05, 0) is 17.7 Å². The third kappa shape index (κ3) is 1.48. The molecule has 0 radical (unpaired) electrons. The molecule has 1 unspecified atom stereocenters. The first-order chi connectivity index (χ1) is 7.58. The van der Waals surface area contributed by atoms with Gasteiger partial charge in [0.15, 0.2) is 17.0 Å². The standard InChI is InChI=1S/C10H11NO5/c11-10(4-12,9(13)14)6-1-2-7-8(3-6)16-5-15-7/h1-3,12H,4-5,11H2,(H,13,14). The highest BCUT2D eigenvalue weighted by atomic mass is 16.7. The largest absolute Gasteiger partial charge is 0.480 e. The van der Waals surface area contributed by atoms with E-state index in [2.05, 4.69) is 0 Å². The summed E-state index contributed by atoms with van der Waals surface area (Å²) in [5.74, 6) is -0.328. The maximum atomic E-state index is 11.0. The molecule has 1 aliphatic heterocycles. The first-order valence-corrected chi connectivity index (χ1v) is 4.61. The van der Waals surface area contributed by atoms with E-state index in [4.69, 9.17) is 25.4 Å². The molecule has 0 fully saturated rings. The molecule has 0 saturated carbocycles. The molecule has 0 aromatic heterocycles. The van der Waals surface area contributed by atoms with Crippen molar-refractivity contribution in [2.24, 2.45) is 5.73 Å². The minimum atomic E-state index is -1.82. The van der Waals surface area contributed by atoms with Gasteiger partial charge in [0.25, 0.3) is 0 Å². The zero-order chi connectivity index (χ0) is 11.8. The molecule has 1 atom stereocenters. The van der Waals surface area contributed by atoms with Crippen LogP contribution in [0.2, 0.25) is 0 Å². The van der Waals surface area contributed by atoms with Gasteiger partial charge in [-0.1, -0.05) is 6.07 Å². The number of fused-ring (bicyclic) bond motifs is 1. The summed E-state index contributed by atoms with van der Waals surface area (Å²) in [5.41, 5.74) is 4.06. The fourth-order valence-electron chi connectivity index (χ4n) is 1.46. The average molecular weight is 225 g/mol. The van der Waals surface area contributed by atoms with Crippen molar-refractivity contribution in [1.82, 2.24) is 0 Å². The molecule has 6 nitrogen and oxygen atoms in total. The first kappa shape index (κ1) is 10.7. The number of hydrogen-bond donors (Lipinski definition) is 3. The molecule has 0 spiro atoms. The molecule has 4 N–H and O–H groups in total. The van der Waals surface area contributed by atoms with Gasteiger partial charge < -0.3 is 25.4 Å². The molecule has 0 saturated heterocycles. The van der Waals surface area contributed by atoms with Gasteiger partial charge in [0.1, 0.15) is 0 Å². The zero-order valence-electron chi connectivity index (χ0n) is 8.34. The van der Waals surface area contributed by atoms with Gasteiger partial charge in [0, 0.05) is 0 Å². The van der Waals surface area contributed by atoms with Crippen LogP contribution in [0.15, 0.2) is 18.2 Å². The first-order valence-electron chi connectivity index (χ1n) is 4.61. The second-order valence-corrected chi connectivity index (χ2v) is 3.50. The Hall–Kier alpha value is -1.79. The van der Waals surface area contributed by atoms with E-state index in [1.807, 2.05) is 0 Å². The molecule has 2 rings (SSSR count). The molecule has 0 bridgehead atoms. The van der Waals surface area contributed by atoms with E-state index in [0.717, 1.165) is 0 Å². The molecule has 1 aromatic carbocycles. The van der Waals surface area contributed by atoms with E-state index >= 15 is 0 Å². The Labute approximate surface area is 91.2 Å². The van der Waals surface area contributed by atoms with Gasteiger partial charge in [-0.2, -0.15) is 0 Å². The van der Waals surface area contributed by atoms with Gasteiger partial charge >= 0.3 is 5.97 Å². The maximum absolute atomic E-state index is 11.0. The molecular formula is C10H11NO5. The predicted molar refractivity (Wildman–Crippen MR) is 53.2 cm³/mol. The minimum Gasteiger partial charge on any atom is -0.480 e. The van der Waals surface area contributed by atoms with Crippen LogP contribution in [0.4, 0.5) is 0 Å². The number of aliphatic hydroxyl groups is 1. The lowest BCUT2D eigenvalue weighted by molar-refractivity contribution is -0.145. The Kier molecular flexibility index (Phi) is 2.45. The smallest absolute Gasteiger partial charge is 0.330 e. The number of ether oxygens (including phenoxy) is 2. The maximum Gasteiger partial charge on any atom is 0.330 e. The van der Waals surface area contributed by atoms with E-state index in [1.165, 1.54) is 12.1 Å². The molecule has 1 aromatic rings. The number of benzene rings is 1. The van der Waals surface area contributed by atoms with E-state index in [0.29, 0.717) is 11.5 Å². The van der Waals surface area contributed by atoms with Crippen molar-refractivity contribution in [3.05, 3.63) is 23.8 Å². The number of carboxylic acids is 1. The van der Waals surface area contributed by atoms with Crippen LogP contribution < -0.4 is 15.2 Å². The second kappa shape index (κ2) is 3.66. The molecule has 6 heteroatoms. The lowest BCUT2D eigenvalue weighted by Gasteiger charge is -2.22. The summed E-state index contributed by atoms with van der Waals surface area (Å²) in [6.45, 7) is -0.593. The third-order valence-electron chi connectivity index (χ3n) is 2.52. The number of carboxylic acid groups (broad SMARTS) is 1. The number of nitrogens with two attached hydrogens (primary N) is 1. The number of aliphatic carboxylic acids is 1. The Morgan fingerprint density at radius 1 is 1.44 bits per heavy atom. The molecule has 86 valence electrons. The van der Waals surface area contributed by atoms with E-state index in [9.17, 15) is 4.79 Å². The summed E-state index contributed by atoms with van der Waals surface area (Å²) in [5, 5.41) is 18.1. The zero-order valence-corrected chi connectivity index (χ0v) is 8.34. The molecule has 1 aliphatic rings. The minimum absolute atomic E-state index is 0.0998. The predicted octanol–water partition coefficient (Wildman–Crippen LogP) is -0.354. The van der Waals surface area contributed by atoms with Crippen molar-refractivity contribution in [2.75, 3.05) is 13.4 Å². The van der Waals surface area contributed by atoms with Crippen molar-refractivity contribution >= 4 is 5.97 Å². The lowest BCUT2D eigenvalue weighted by Crippen LogP contribution is -2.48. The lowest BCUT2D eigenvalue weighted by atomic mass is 9.92. The van der Waals surface area contributed by atoms with Crippen molar-refractivity contribution in [2.45, 2.75) is 5.54 Å². The van der Waals surface area contributed by atoms with E-state index in [1.54, 1.807) is 6.07 Å². The number of rotatable bonds is 3. The Bertz CT molecular complexity index is 433. The van der Waals surface area contributed by atoms with Gasteiger partial charge in [0.05, 0.1) is 6.61 Å². The third-order valence-corrected chi connectivity index (χ3v) is 2.52. The van der Waals surface area contributed by atoms with Crippen LogP contribution in [-0.4, -0.2) is 29.6 Å². The average Bonchev–Trinajstić information content (AvgIpc) is 2.74. The molecular weight excluding hydrogens is 214 g/mol. The SMILES string of the molecule is NC(CO)(C(=O)O)c1ccc2c(c1)OCO2. The van der Waals surface area contributed by atoms with Gasteiger partial charge in [0.2, 0.25) is 6.79 Å². The van der Waals surface area contributed by atoms with Crippen LogP contribution in [0.3, 0.4) is 0 Å². The van der Waals surface area contributed by atoms with Crippen LogP contribution in [0.25, 0.3) is 0 Å². The summed E-state index contributed by atoms with van der Waals surface area (Å²) in [6.07, 6.45) is 0. The molecule has 16 heavy (non-hydrogen) atoms. The van der Waals surface area contributed by atoms with Crippen molar-refractivity contribution in [1.29, 1.82) is 0 Å². The summed E-state index contributed by atoms with van der Waals surface area (Å²) in [4.78, 5) is 11.0. The van der Waals surface area contributed by atoms with Crippen molar-refractivity contribution < 1.29 is 24.5 Å². The normalized spacial score (nSPS) is 16.9. The van der Waals surface area contributed by atoms with Crippen LogP contribution in [-0.2, 0) is 10.3 Å². The Morgan fingerprint density at radius 2 is 2.12 bits per heavy atom. The fourth-order valence-corrected chi connectivity index (χ4v) is 1.46.